The van der Waals surface area contributed by atoms with E-state index in [9.17, 15) is 2.74 Å². The highest BCUT2D eigenvalue weighted by atomic mass is 16.5. The smallest absolute Gasteiger partial charge is 0.137 e. The van der Waals surface area contributed by atoms with Gasteiger partial charge in [0.25, 0.3) is 0 Å². The minimum atomic E-state index is -2.34. The van der Waals surface area contributed by atoms with E-state index in [0.717, 1.165) is 66.7 Å². The van der Waals surface area contributed by atoms with E-state index in [2.05, 4.69) is 145 Å². The molecule has 0 fully saturated rings. The fourth-order valence-corrected chi connectivity index (χ4v) is 9.98. The van der Waals surface area contributed by atoms with Gasteiger partial charge in [0.15, 0.2) is 0 Å². The summed E-state index contributed by atoms with van der Waals surface area (Å²) in [5, 5.41) is 1.94. The molecule has 0 N–H and O–H groups in total. The Morgan fingerprint density at radius 1 is 0.500 bits per heavy atom. The van der Waals surface area contributed by atoms with Crippen LogP contribution in [0.15, 0.2) is 194 Å². The van der Waals surface area contributed by atoms with E-state index >= 15 is 0 Å². The second-order valence-electron chi connectivity index (χ2n) is 22.1. The summed E-state index contributed by atoms with van der Waals surface area (Å²) in [7, 11) is 0. The first-order valence-electron chi connectivity index (χ1n) is 28.7. The lowest BCUT2D eigenvalue weighted by atomic mass is 9.79. The van der Waals surface area contributed by atoms with E-state index < -0.39 is 25.0 Å². The maximum Gasteiger partial charge on any atom is 0.137 e. The normalized spacial score (nSPS) is 14.8. The molecule has 0 unspecified atom stereocenters. The number of aryl methyl sites for hydroxylation is 1. The van der Waals surface area contributed by atoms with Crippen molar-refractivity contribution < 1.29 is 15.7 Å². The maximum atomic E-state index is 9.17. The molecule has 1 aliphatic rings. The molecule has 5 heteroatoms. The number of rotatable bonds is 8. The molecule has 0 spiro atoms. The zero-order valence-corrected chi connectivity index (χ0v) is 42.5. The third-order valence-corrected chi connectivity index (χ3v) is 13.9. The number of ether oxygens (including phenoxy) is 1. The molecule has 0 aliphatic carbocycles. The van der Waals surface area contributed by atoms with Crippen LogP contribution < -0.4 is 14.5 Å². The third kappa shape index (κ3) is 8.72. The lowest BCUT2D eigenvalue weighted by Crippen LogP contribution is -2.25. The number of hydrogen-bond acceptors (Lipinski definition) is 4. The van der Waals surface area contributed by atoms with E-state index in [4.69, 9.17) is 17.9 Å². The largest absolute Gasteiger partial charge is 0.457 e. The summed E-state index contributed by atoms with van der Waals surface area (Å²) in [5.74, 6) is 1.63. The minimum Gasteiger partial charge on any atom is -0.457 e. The molecule has 8 aromatic carbocycles. The molecular formula is C67H64N4O. The first kappa shape index (κ1) is 37.9. The Bertz CT molecular complexity index is 4040. The van der Waals surface area contributed by atoms with Gasteiger partial charge in [-0.2, -0.15) is 0 Å². The molecule has 5 nitrogen and oxygen atoms in total. The topological polar surface area (TPSA) is 33.5 Å². The van der Waals surface area contributed by atoms with Gasteiger partial charge in [0.1, 0.15) is 24.0 Å². The monoisotopic (exact) mass is 949 g/mol. The molecule has 0 saturated heterocycles. The number of nitrogens with zero attached hydrogens (tertiary/aromatic N) is 4. The summed E-state index contributed by atoms with van der Waals surface area (Å²) >= 11 is 0. The standard InChI is InChI=1S/C67H64N4O/c1-44-33-34-68-63(35-44)71-59-32-29-46(48-37-50(66(5,6)7)40-51(38-48)67(8,9)10)39-58(59)57-31-30-54(42-62(57)71)72-53-24-17-23-52(41-53)69-43-70(61-28-15-14-27-60(61)69)64-55(45-19-12-11-13-20-45)25-18-26-56(64)47-21-16-22-49(36-47)65(2,3)4/h11-42H,43H2,1-10H3/i1D3,11D,12D,13D,19D,20D. The lowest BCUT2D eigenvalue weighted by molar-refractivity contribution is 0.483. The Morgan fingerprint density at radius 2 is 1.17 bits per heavy atom. The summed E-state index contributed by atoms with van der Waals surface area (Å²) < 4.78 is 77.9. The maximum absolute atomic E-state index is 9.17. The van der Waals surface area contributed by atoms with Crippen molar-refractivity contribution in [2.75, 3.05) is 16.5 Å². The van der Waals surface area contributed by atoms with Crippen LogP contribution in [0.1, 0.15) is 95.5 Å². The number of benzene rings is 8. The summed E-state index contributed by atoms with van der Waals surface area (Å²) in [4.78, 5) is 9.14. The van der Waals surface area contributed by atoms with E-state index in [1.54, 1.807) is 18.3 Å². The van der Waals surface area contributed by atoms with Gasteiger partial charge >= 0.3 is 0 Å². The van der Waals surface area contributed by atoms with Crippen LogP contribution in [-0.4, -0.2) is 16.2 Å². The van der Waals surface area contributed by atoms with Crippen molar-refractivity contribution in [3.05, 3.63) is 216 Å². The summed E-state index contributed by atoms with van der Waals surface area (Å²) in [6.45, 7) is 18.0. The Hall–Kier alpha value is -7.89. The van der Waals surface area contributed by atoms with Crippen molar-refractivity contribution in [1.29, 1.82) is 0 Å². The molecule has 358 valence electrons. The van der Waals surface area contributed by atoms with E-state index in [1.165, 1.54) is 11.1 Å². The fraction of sp³-hybridized carbons (Fsp3) is 0.209. The van der Waals surface area contributed by atoms with Crippen LogP contribution >= 0.6 is 0 Å². The molecule has 0 amide bonds. The molecule has 11 rings (SSSR count). The average Bonchev–Trinajstić information content (AvgIpc) is 3.97. The van der Waals surface area contributed by atoms with Crippen LogP contribution in [0.25, 0.3) is 61.0 Å². The van der Waals surface area contributed by atoms with Gasteiger partial charge in [0.05, 0.1) is 34.9 Å². The quantitative estimate of drug-likeness (QED) is 0.152. The van der Waals surface area contributed by atoms with E-state index in [1.807, 2.05) is 77.4 Å². The van der Waals surface area contributed by atoms with E-state index in [0.29, 0.717) is 35.2 Å². The van der Waals surface area contributed by atoms with Crippen molar-refractivity contribution >= 4 is 44.6 Å². The molecule has 0 atom stereocenters. The van der Waals surface area contributed by atoms with Gasteiger partial charge < -0.3 is 14.5 Å². The molecule has 3 heterocycles. The van der Waals surface area contributed by atoms with Crippen molar-refractivity contribution in [1.82, 2.24) is 9.55 Å². The molecule has 10 aromatic rings. The molecule has 0 saturated carbocycles. The van der Waals surface area contributed by atoms with Gasteiger partial charge in [0, 0.05) is 50.0 Å². The second-order valence-corrected chi connectivity index (χ2v) is 22.1. The van der Waals surface area contributed by atoms with Crippen molar-refractivity contribution in [3.8, 4) is 50.7 Å². The minimum absolute atomic E-state index is 0.0685. The summed E-state index contributed by atoms with van der Waals surface area (Å²) in [6.07, 6.45) is 1.55. The van der Waals surface area contributed by atoms with Gasteiger partial charge in [-0.15, -0.1) is 0 Å². The highest BCUT2D eigenvalue weighted by molar-refractivity contribution is 6.11. The van der Waals surface area contributed by atoms with E-state index in [-0.39, 0.29) is 39.5 Å². The van der Waals surface area contributed by atoms with Gasteiger partial charge in [0.2, 0.25) is 0 Å². The van der Waals surface area contributed by atoms with Gasteiger partial charge in [-0.25, -0.2) is 4.98 Å². The number of pyridine rings is 1. The highest BCUT2D eigenvalue weighted by Gasteiger charge is 2.32. The van der Waals surface area contributed by atoms with Crippen LogP contribution in [0.2, 0.25) is 0 Å². The van der Waals surface area contributed by atoms with Gasteiger partial charge in [-0.1, -0.05) is 177 Å². The molecule has 1 aliphatic heterocycles. The average molecular weight is 949 g/mol. The summed E-state index contributed by atoms with van der Waals surface area (Å²) in [5.41, 5.74) is 13.2. The zero-order chi connectivity index (χ0) is 57.0. The Balaban J connectivity index is 1.01. The lowest BCUT2D eigenvalue weighted by Gasteiger charge is -2.28. The van der Waals surface area contributed by atoms with Gasteiger partial charge in [-0.05, 0) is 128 Å². The number of fused-ring (bicyclic) bond motifs is 4. The number of aromatic nitrogens is 2. The third-order valence-electron chi connectivity index (χ3n) is 13.9. The second kappa shape index (κ2) is 17.8. The first-order chi connectivity index (χ1) is 37.8. The van der Waals surface area contributed by atoms with Crippen LogP contribution in [0.4, 0.5) is 22.7 Å². The molecule has 0 bridgehead atoms. The van der Waals surface area contributed by atoms with Crippen LogP contribution in [-0.2, 0) is 16.2 Å². The molecular weight excluding hydrogens is 877 g/mol. The highest BCUT2D eigenvalue weighted by Crippen LogP contribution is 2.51. The van der Waals surface area contributed by atoms with Crippen molar-refractivity contribution in [2.24, 2.45) is 0 Å². The molecule has 0 radical (unpaired) electrons. The first-order valence-corrected chi connectivity index (χ1v) is 24.7. The Morgan fingerprint density at radius 3 is 1.89 bits per heavy atom. The fourth-order valence-electron chi connectivity index (χ4n) is 9.98. The predicted octanol–water partition coefficient (Wildman–Crippen LogP) is 18.4. The van der Waals surface area contributed by atoms with Crippen LogP contribution in [0.3, 0.4) is 0 Å². The Labute approximate surface area is 437 Å². The van der Waals surface area contributed by atoms with Crippen molar-refractivity contribution in [2.45, 2.75) is 85.4 Å². The Kier molecular flexibility index (Phi) is 9.34. The molecule has 72 heavy (non-hydrogen) atoms. The molecule has 2 aromatic heterocycles. The number of anilines is 4. The zero-order valence-electron chi connectivity index (χ0n) is 50.5. The summed E-state index contributed by atoms with van der Waals surface area (Å²) in [6, 6.07) is 51.0. The van der Waals surface area contributed by atoms with Crippen LogP contribution in [0, 0.1) is 6.85 Å². The van der Waals surface area contributed by atoms with Crippen LogP contribution in [0.5, 0.6) is 11.5 Å². The number of para-hydroxylation sites is 3. The predicted molar refractivity (Wildman–Crippen MR) is 304 cm³/mol. The van der Waals surface area contributed by atoms with Gasteiger partial charge in [-0.3, -0.25) is 4.57 Å². The number of hydrogen-bond donors (Lipinski definition) is 0. The van der Waals surface area contributed by atoms with Crippen molar-refractivity contribution in [3.63, 3.8) is 0 Å². The SMILES string of the molecule is [2H]c1c([2H])c([2H])c(-c2cccc(-c3cccc(C(C)(C)C)c3)c2N2CN(c3cccc(Oc4ccc5c6cc(-c7cc(C(C)(C)C)cc(C(C)(C)C)c7)ccc6n(-c6cc(C([2H])([2H])[2H])ccn6)c5c4)c3)c3ccccc32)c([2H])c1[2H].